The number of nitro groups is 1. The second-order valence-electron chi connectivity index (χ2n) is 4.89. The maximum atomic E-state index is 11.6. The number of rotatable bonds is 6. The van der Waals surface area contributed by atoms with Crippen LogP contribution < -0.4 is 15.4 Å². The lowest BCUT2D eigenvalue weighted by Gasteiger charge is -2.12. The quantitative estimate of drug-likeness (QED) is 0.522. The number of aromatic nitrogens is 2. The van der Waals surface area contributed by atoms with E-state index in [1.165, 1.54) is 7.11 Å². The molecule has 0 atom stereocenters. The van der Waals surface area contributed by atoms with E-state index in [4.69, 9.17) is 9.37 Å². The second kappa shape index (κ2) is 6.41. The topological polar surface area (TPSA) is 115 Å². The van der Waals surface area contributed by atoms with Crippen LogP contribution in [0, 0.1) is 10.1 Å². The second-order valence-corrected chi connectivity index (χ2v) is 4.89. The van der Waals surface area contributed by atoms with Crippen LogP contribution in [0.15, 0.2) is 35.0 Å². The fourth-order valence-corrected chi connectivity index (χ4v) is 2.43. The lowest BCUT2D eigenvalue weighted by molar-refractivity contribution is -0.382. The molecule has 2 aromatic carbocycles. The maximum Gasteiger partial charge on any atom is 0.324 e. The molecule has 2 N–H and O–H groups in total. The molecular weight excluding hydrogens is 314 g/mol. The van der Waals surface area contributed by atoms with Crippen molar-refractivity contribution < 1.29 is 14.3 Å². The summed E-state index contributed by atoms with van der Waals surface area (Å²) >= 11 is 0. The predicted octanol–water partition coefficient (Wildman–Crippen LogP) is 3.32. The Labute approximate surface area is 136 Å². The van der Waals surface area contributed by atoms with E-state index >= 15 is 0 Å². The number of hydrogen-bond donors (Lipinski definition) is 2. The largest absolute Gasteiger partial charge is 0.495 e. The molecule has 9 nitrogen and oxygen atoms in total. The van der Waals surface area contributed by atoms with Crippen LogP contribution in [0.1, 0.15) is 6.92 Å². The highest BCUT2D eigenvalue weighted by Gasteiger charge is 2.26. The number of methoxy groups -OCH3 is 1. The van der Waals surface area contributed by atoms with Crippen LogP contribution >= 0.6 is 0 Å². The number of anilines is 3. The third-order valence-electron chi connectivity index (χ3n) is 3.44. The molecule has 0 radical (unpaired) electrons. The number of para-hydroxylation sites is 2. The van der Waals surface area contributed by atoms with Gasteiger partial charge in [-0.1, -0.05) is 12.1 Å². The number of ether oxygens (including phenoxy) is 1. The zero-order chi connectivity index (χ0) is 17.1. The van der Waals surface area contributed by atoms with Gasteiger partial charge in [0.05, 0.1) is 23.4 Å². The minimum atomic E-state index is -0.514. The van der Waals surface area contributed by atoms with Crippen molar-refractivity contribution in [3.05, 3.63) is 40.4 Å². The van der Waals surface area contributed by atoms with Gasteiger partial charge in [0.15, 0.2) is 5.52 Å². The van der Waals surface area contributed by atoms with Crippen LogP contribution in [-0.4, -0.2) is 28.9 Å². The zero-order valence-corrected chi connectivity index (χ0v) is 13.1. The summed E-state index contributed by atoms with van der Waals surface area (Å²) in [6.07, 6.45) is 0. The first-order valence-electron chi connectivity index (χ1n) is 7.23. The Morgan fingerprint density at radius 1 is 1.21 bits per heavy atom. The highest BCUT2D eigenvalue weighted by atomic mass is 16.6. The molecule has 1 heterocycles. The molecule has 0 unspecified atom stereocenters. The predicted molar refractivity (Wildman–Crippen MR) is 88.9 cm³/mol. The van der Waals surface area contributed by atoms with Crippen LogP contribution in [-0.2, 0) is 0 Å². The van der Waals surface area contributed by atoms with Gasteiger partial charge < -0.3 is 15.4 Å². The molecule has 3 aromatic rings. The van der Waals surface area contributed by atoms with Gasteiger partial charge in [-0.05, 0) is 35.4 Å². The number of benzene rings is 2. The lowest BCUT2D eigenvalue weighted by atomic mass is 10.1. The molecule has 24 heavy (non-hydrogen) atoms. The molecule has 0 aliphatic rings. The first-order valence-corrected chi connectivity index (χ1v) is 7.23. The van der Waals surface area contributed by atoms with Crippen molar-refractivity contribution in [1.82, 2.24) is 10.3 Å². The van der Waals surface area contributed by atoms with Gasteiger partial charge in [-0.25, -0.2) is 4.63 Å². The van der Waals surface area contributed by atoms with Gasteiger partial charge in [-0.3, -0.25) is 10.1 Å². The minimum absolute atomic E-state index is 0.0795. The van der Waals surface area contributed by atoms with E-state index in [2.05, 4.69) is 20.9 Å². The highest BCUT2D eigenvalue weighted by molar-refractivity contribution is 6.00. The average Bonchev–Trinajstić information content (AvgIpc) is 3.05. The van der Waals surface area contributed by atoms with Crippen molar-refractivity contribution in [3.8, 4) is 5.75 Å². The first-order chi connectivity index (χ1) is 11.7. The minimum Gasteiger partial charge on any atom is -0.495 e. The fourth-order valence-electron chi connectivity index (χ4n) is 2.43. The van der Waals surface area contributed by atoms with Gasteiger partial charge in [0.1, 0.15) is 11.4 Å². The van der Waals surface area contributed by atoms with Gasteiger partial charge in [-0.2, -0.15) is 0 Å². The summed E-state index contributed by atoms with van der Waals surface area (Å²) in [5.41, 5.74) is 1.64. The van der Waals surface area contributed by atoms with E-state index in [1.54, 1.807) is 24.3 Å². The van der Waals surface area contributed by atoms with Gasteiger partial charge in [0.2, 0.25) is 5.52 Å². The summed E-state index contributed by atoms with van der Waals surface area (Å²) in [4.78, 5) is 11.0. The Morgan fingerprint density at radius 3 is 2.67 bits per heavy atom. The third kappa shape index (κ3) is 2.67. The van der Waals surface area contributed by atoms with Crippen molar-refractivity contribution in [1.29, 1.82) is 0 Å². The summed E-state index contributed by atoms with van der Waals surface area (Å²) < 4.78 is 9.97. The summed E-state index contributed by atoms with van der Waals surface area (Å²) in [6, 6.07) is 8.75. The van der Waals surface area contributed by atoms with Crippen LogP contribution in [0.5, 0.6) is 5.75 Å². The van der Waals surface area contributed by atoms with Crippen LogP contribution in [0.4, 0.5) is 22.7 Å². The molecule has 0 aliphatic carbocycles. The molecule has 1 aromatic heterocycles. The number of hydrogen-bond acceptors (Lipinski definition) is 8. The Hall–Kier alpha value is -3.36. The van der Waals surface area contributed by atoms with E-state index in [9.17, 15) is 10.1 Å². The lowest BCUT2D eigenvalue weighted by Crippen LogP contribution is -2.03. The first kappa shape index (κ1) is 15.5. The average molecular weight is 329 g/mol. The van der Waals surface area contributed by atoms with Crippen LogP contribution in [0.25, 0.3) is 11.0 Å². The van der Waals surface area contributed by atoms with E-state index in [0.717, 1.165) is 0 Å². The molecule has 3 rings (SSSR count). The van der Waals surface area contributed by atoms with Crippen molar-refractivity contribution in [2.45, 2.75) is 6.92 Å². The molecule has 0 saturated carbocycles. The van der Waals surface area contributed by atoms with Crippen LogP contribution in [0.3, 0.4) is 0 Å². The molecule has 0 aliphatic heterocycles. The number of nitro benzene ring substituents is 1. The monoisotopic (exact) mass is 329 g/mol. The standard InChI is InChI=1S/C15H15N5O4/c1-3-16-10-8-11(17-9-6-4-5-7-12(9)23-2)15(20(21)22)14-13(10)18-24-19-14/h4-8,16-17H,3H2,1-2H3. The van der Waals surface area contributed by atoms with Gasteiger partial charge in [0.25, 0.3) is 0 Å². The number of fused-ring (bicyclic) bond motifs is 1. The molecule has 0 bridgehead atoms. The number of nitrogens with zero attached hydrogens (tertiary/aromatic N) is 3. The van der Waals surface area contributed by atoms with E-state index in [-0.39, 0.29) is 16.9 Å². The maximum absolute atomic E-state index is 11.6. The Morgan fingerprint density at radius 2 is 1.96 bits per heavy atom. The highest BCUT2D eigenvalue weighted by Crippen LogP contribution is 2.39. The summed E-state index contributed by atoms with van der Waals surface area (Å²) in [5.74, 6) is 0.565. The Kier molecular flexibility index (Phi) is 4.15. The fraction of sp³-hybridized carbons (Fsp3) is 0.200. The van der Waals surface area contributed by atoms with E-state index in [0.29, 0.717) is 29.2 Å². The molecule has 0 fully saturated rings. The third-order valence-corrected chi connectivity index (χ3v) is 3.44. The van der Waals surface area contributed by atoms with Gasteiger partial charge in [0, 0.05) is 6.54 Å². The molecule has 124 valence electrons. The van der Waals surface area contributed by atoms with Crippen LogP contribution in [0.2, 0.25) is 0 Å². The van der Waals surface area contributed by atoms with E-state index in [1.807, 2.05) is 13.0 Å². The van der Waals surface area contributed by atoms with Gasteiger partial charge in [-0.15, -0.1) is 0 Å². The summed E-state index contributed by atoms with van der Waals surface area (Å²) in [7, 11) is 1.53. The van der Waals surface area contributed by atoms with Gasteiger partial charge >= 0.3 is 5.69 Å². The SMILES string of the molecule is CCNc1cc(Nc2ccccc2OC)c([N+](=O)[O-])c2nonc12. The Balaban J connectivity index is 2.18. The molecule has 0 saturated heterocycles. The van der Waals surface area contributed by atoms with Crippen molar-refractivity contribution in [3.63, 3.8) is 0 Å². The Bertz CT molecular complexity index is 893. The molecule has 0 spiro atoms. The smallest absolute Gasteiger partial charge is 0.324 e. The van der Waals surface area contributed by atoms with Crippen molar-refractivity contribution >= 4 is 33.8 Å². The van der Waals surface area contributed by atoms with E-state index < -0.39 is 4.92 Å². The summed E-state index contributed by atoms with van der Waals surface area (Å²) in [6.45, 7) is 2.53. The number of nitrogens with one attached hydrogen (secondary N) is 2. The summed E-state index contributed by atoms with van der Waals surface area (Å²) in [5, 5.41) is 25.1. The molecule has 9 heteroatoms. The normalized spacial score (nSPS) is 10.6. The molecular formula is C15H15N5O4. The zero-order valence-electron chi connectivity index (χ0n) is 13.1. The van der Waals surface area contributed by atoms with Crippen molar-refractivity contribution in [2.75, 3.05) is 24.3 Å². The van der Waals surface area contributed by atoms with Crippen molar-refractivity contribution in [2.24, 2.45) is 0 Å². The molecule has 0 amide bonds.